The van der Waals surface area contributed by atoms with Gasteiger partial charge in [0.05, 0.1) is 12.7 Å². The topological polar surface area (TPSA) is 112 Å². The molecule has 0 heterocycles. The zero-order valence-corrected chi connectivity index (χ0v) is 18.1. The zero-order valence-electron chi connectivity index (χ0n) is 18.1. The van der Waals surface area contributed by atoms with E-state index in [-0.39, 0.29) is 25.2 Å². The van der Waals surface area contributed by atoms with Gasteiger partial charge in [-0.05, 0) is 74.0 Å². The first-order chi connectivity index (χ1) is 14.9. The first kappa shape index (κ1) is 23.3. The second kappa shape index (κ2) is 10.8. The summed E-state index contributed by atoms with van der Waals surface area (Å²) >= 11 is 0. The van der Waals surface area contributed by atoms with E-state index in [4.69, 9.17) is 24.1 Å². The molecule has 1 aromatic rings. The van der Waals surface area contributed by atoms with E-state index in [9.17, 15) is 14.7 Å². The van der Waals surface area contributed by atoms with Crippen molar-refractivity contribution in [2.24, 2.45) is 17.8 Å². The summed E-state index contributed by atoms with van der Waals surface area (Å²) in [6.45, 7) is 1.95. The molecular formula is C23H32O8. The number of ether oxygens (including phenoxy) is 4. The molecule has 2 aliphatic carbocycles. The number of carbonyl (C=O) groups is 2. The van der Waals surface area contributed by atoms with Crippen molar-refractivity contribution in [3.63, 3.8) is 0 Å². The van der Waals surface area contributed by atoms with Gasteiger partial charge in [-0.3, -0.25) is 0 Å². The number of fused-ring (bicyclic) bond motifs is 2. The fourth-order valence-corrected chi connectivity index (χ4v) is 4.97. The number of hydrogen-bond acceptors (Lipinski definition) is 7. The van der Waals surface area contributed by atoms with Crippen LogP contribution in [0.25, 0.3) is 0 Å². The lowest BCUT2D eigenvalue weighted by Gasteiger charge is -2.32. The van der Waals surface area contributed by atoms with Crippen LogP contribution in [0, 0.1) is 17.8 Å². The summed E-state index contributed by atoms with van der Waals surface area (Å²) in [5, 5.41) is 19.6. The molecule has 0 saturated heterocycles. The third kappa shape index (κ3) is 6.11. The highest BCUT2D eigenvalue weighted by Gasteiger charge is 2.45. The number of rotatable bonds is 10. The van der Waals surface area contributed by atoms with Crippen molar-refractivity contribution < 1.29 is 38.7 Å². The Morgan fingerprint density at radius 2 is 2.03 bits per heavy atom. The van der Waals surface area contributed by atoms with E-state index >= 15 is 0 Å². The van der Waals surface area contributed by atoms with E-state index in [1.165, 1.54) is 7.11 Å². The molecule has 1 fully saturated rings. The first-order valence-electron chi connectivity index (χ1n) is 10.8. The number of benzene rings is 1. The quantitative estimate of drug-likeness (QED) is 0.425. The Morgan fingerprint density at radius 3 is 2.77 bits per heavy atom. The monoisotopic (exact) mass is 436 g/mol. The fraction of sp³-hybridized carbons (Fsp3) is 0.652. The molecule has 0 amide bonds. The molecule has 8 nitrogen and oxygen atoms in total. The molecule has 8 heteroatoms. The highest BCUT2D eigenvalue weighted by Crippen LogP contribution is 2.48. The lowest BCUT2D eigenvalue weighted by atomic mass is 9.73. The maximum Gasteiger partial charge on any atom is 0.508 e. The molecule has 5 atom stereocenters. The van der Waals surface area contributed by atoms with Gasteiger partial charge >= 0.3 is 12.1 Å². The van der Waals surface area contributed by atoms with Gasteiger partial charge in [-0.2, -0.15) is 0 Å². The number of aliphatic hydroxyl groups is 1. The molecule has 0 spiro atoms. The summed E-state index contributed by atoms with van der Waals surface area (Å²) in [5.41, 5.74) is 2.22. The van der Waals surface area contributed by atoms with Crippen LogP contribution in [0.15, 0.2) is 18.2 Å². The van der Waals surface area contributed by atoms with Crippen molar-refractivity contribution in [1.29, 1.82) is 0 Å². The molecule has 0 aromatic heterocycles. The normalized spacial score (nSPS) is 25.3. The fourth-order valence-electron chi connectivity index (χ4n) is 4.97. The molecular weight excluding hydrogens is 404 g/mol. The Balaban J connectivity index is 1.56. The van der Waals surface area contributed by atoms with Gasteiger partial charge in [-0.15, -0.1) is 0 Å². The van der Waals surface area contributed by atoms with Crippen LogP contribution in [-0.4, -0.2) is 61.5 Å². The van der Waals surface area contributed by atoms with Crippen molar-refractivity contribution in [2.45, 2.75) is 51.2 Å². The average Bonchev–Trinajstić information content (AvgIpc) is 3.03. The molecule has 2 N–H and O–H groups in total. The van der Waals surface area contributed by atoms with Crippen molar-refractivity contribution in [2.75, 3.05) is 26.9 Å². The molecule has 2 aliphatic rings. The van der Waals surface area contributed by atoms with E-state index in [0.29, 0.717) is 30.6 Å². The Morgan fingerprint density at radius 1 is 1.23 bits per heavy atom. The van der Waals surface area contributed by atoms with E-state index in [2.05, 4.69) is 6.07 Å². The van der Waals surface area contributed by atoms with Crippen LogP contribution in [0.2, 0.25) is 0 Å². The number of carbonyl (C=O) groups excluding carboxylic acids is 1. The van der Waals surface area contributed by atoms with Gasteiger partial charge in [0.1, 0.15) is 18.5 Å². The molecule has 0 unspecified atom stereocenters. The number of carboxylic acid groups (broad SMARTS) is 1. The minimum atomic E-state index is -0.999. The third-order valence-electron chi connectivity index (χ3n) is 6.41. The van der Waals surface area contributed by atoms with Crippen LogP contribution in [0.5, 0.6) is 5.75 Å². The van der Waals surface area contributed by atoms with Gasteiger partial charge in [0, 0.05) is 7.11 Å². The molecule has 31 heavy (non-hydrogen) atoms. The van der Waals surface area contributed by atoms with Crippen molar-refractivity contribution in [1.82, 2.24) is 0 Å². The van der Waals surface area contributed by atoms with E-state index in [1.807, 2.05) is 19.1 Å². The van der Waals surface area contributed by atoms with Gasteiger partial charge < -0.3 is 29.2 Å². The number of methoxy groups -OCH3 is 1. The highest BCUT2D eigenvalue weighted by molar-refractivity contribution is 5.68. The number of aliphatic hydroxyl groups excluding tert-OH is 1. The molecule has 1 aromatic carbocycles. The summed E-state index contributed by atoms with van der Waals surface area (Å²) in [4.78, 5) is 22.5. The average molecular weight is 437 g/mol. The molecule has 1 saturated carbocycles. The lowest BCUT2D eigenvalue weighted by Crippen LogP contribution is -2.28. The minimum Gasteiger partial charge on any atom is -0.482 e. The van der Waals surface area contributed by atoms with Crippen LogP contribution in [0.1, 0.15) is 37.3 Å². The molecule has 0 bridgehead atoms. The second-order valence-electron chi connectivity index (χ2n) is 8.47. The predicted molar refractivity (Wildman–Crippen MR) is 111 cm³/mol. The van der Waals surface area contributed by atoms with E-state index < -0.39 is 18.2 Å². The number of carboxylic acids is 1. The van der Waals surface area contributed by atoms with Gasteiger partial charge in [-0.25, -0.2) is 9.59 Å². The molecule has 3 rings (SSSR count). The van der Waals surface area contributed by atoms with Crippen molar-refractivity contribution >= 4 is 12.1 Å². The number of aliphatic carboxylic acids is 1. The smallest absolute Gasteiger partial charge is 0.482 e. The Kier molecular flexibility index (Phi) is 8.15. The van der Waals surface area contributed by atoms with Gasteiger partial charge in [0.15, 0.2) is 6.61 Å². The minimum absolute atomic E-state index is 0.136. The van der Waals surface area contributed by atoms with Crippen LogP contribution in [0.3, 0.4) is 0 Å². The SMILES string of the molecule is COCCOC(=O)O[C@@H](C)CC[C@@H]1[C@H]2Cc3cccc(OCC(=O)O)c3C[C@H]2C[C@H]1O. The van der Waals surface area contributed by atoms with Crippen LogP contribution < -0.4 is 4.74 Å². The van der Waals surface area contributed by atoms with Crippen LogP contribution >= 0.6 is 0 Å². The largest absolute Gasteiger partial charge is 0.508 e. The van der Waals surface area contributed by atoms with Gasteiger partial charge in [0.2, 0.25) is 0 Å². The Hall–Kier alpha value is -2.32. The summed E-state index contributed by atoms with van der Waals surface area (Å²) < 4.78 is 20.5. The molecule has 0 radical (unpaired) electrons. The summed E-state index contributed by atoms with van der Waals surface area (Å²) in [5.74, 6) is 0.444. The van der Waals surface area contributed by atoms with Crippen LogP contribution in [-0.2, 0) is 31.8 Å². The predicted octanol–water partition coefficient (Wildman–Crippen LogP) is 2.83. The maximum absolute atomic E-state index is 11.7. The second-order valence-corrected chi connectivity index (χ2v) is 8.47. The van der Waals surface area contributed by atoms with Gasteiger partial charge in [-0.1, -0.05) is 12.1 Å². The summed E-state index contributed by atoms with van der Waals surface area (Å²) in [6.07, 6.45) is 2.35. The summed E-state index contributed by atoms with van der Waals surface area (Å²) in [6, 6.07) is 5.76. The first-order valence-corrected chi connectivity index (χ1v) is 10.8. The Labute approximate surface area is 182 Å². The van der Waals surface area contributed by atoms with Gasteiger partial charge in [0.25, 0.3) is 0 Å². The zero-order chi connectivity index (χ0) is 22.4. The Bertz CT molecular complexity index is 764. The van der Waals surface area contributed by atoms with E-state index in [0.717, 1.165) is 36.8 Å². The van der Waals surface area contributed by atoms with E-state index in [1.54, 1.807) is 0 Å². The third-order valence-corrected chi connectivity index (χ3v) is 6.41. The highest BCUT2D eigenvalue weighted by atomic mass is 16.7. The van der Waals surface area contributed by atoms with Crippen molar-refractivity contribution in [3.05, 3.63) is 29.3 Å². The summed E-state index contributed by atoms with van der Waals surface area (Å²) in [7, 11) is 1.53. The lowest BCUT2D eigenvalue weighted by molar-refractivity contribution is -0.139. The van der Waals surface area contributed by atoms with Crippen molar-refractivity contribution in [3.8, 4) is 5.75 Å². The maximum atomic E-state index is 11.7. The number of hydrogen-bond donors (Lipinski definition) is 2. The van der Waals surface area contributed by atoms with Crippen LogP contribution in [0.4, 0.5) is 4.79 Å². The standard InChI is InChI=1S/C23H32O8/c1-14(31-23(27)29-9-8-28-2)6-7-17-18-10-15-4-3-5-21(30-13-22(25)26)19(15)11-16(18)12-20(17)24/h3-5,14,16-18,20,24H,6-13H2,1-2H3,(H,25,26)/t14-,16-,17+,18-,20+/m0/s1. The molecule has 172 valence electrons. The molecule has 0 aliphatic heterocycles.